The lowest BCUT2D eigenvalue weighted by atomic mass is 9.91. The van der Waals surface area contributed by atoms with E-state index in [-0.39, 0.29) is 18.5 Å². The van der Waals surface area contributed by atoms with Gasteiger partial charge in [-0.15, -0.1) is 11.8 Å². The molecule has 1 saturated carbocycles. The molecular weight excluding hydrogens is 336 g/mol. The Bertz CT molecular complexity index is 614. The summed E-state index contributed by atoms with van der Waals surface area (Å²) in [6.45, 7) is 2.87. The predicted octanol–water partition coefficient (Wildman–Crippen LogP) is 4.30. The Morgan fingerprint density at radius 1 is 1.16 bits per heavy atom. The smallest absolute Gasteiger partial charge is 0.321 e. The minimum atomic E-state index is -0.822. The van der Waals surface area contributed by atoms with Crippen molar-refractivity contribution < 1.29 is 14.7 Å². The molecule has 1 saturated heterocycles. The number of carbonyl (C=O) groups excluding carboxylic acids is 1. The third-order valence-electron chi connectivity index (χ3n) is 5.01. The molecule has 2 N–H and O–H groups in total. The Morgan fingerprint density at radius 2 is 1.84 bits per heavy atom. The maximum absolute atomic E-state index is 12.5. The van der Waals surface area contributed by atoms with Crippen molar-refractivity contribution in [3.8, 4) is 0 Å². The van der Waals surface area contributed by atoms with Crippen molar-refractivity contribution in [2.75, 3.05) is 18.4 Å². The second-order valence-electron chi connectivity index (χ2n) is 7.26. The summed E-state index contributed by atoms with van der Waals surface area (Å²) in [6.07, 6.45) is 5.88. The normalized spacial score (nSPS) is 24.3. The van der Waals surface area contributed by atoms with Crippen molar-refractivity contribution in [2.24, 2.45) is 11.8 Å². The molecule has 1 aromatic carbocycles. The van der Waals surface area contributed by atoms with Gasteiger partial charge in [0, 0.05) is 28.9 Å². The summed E-state index contributed by atoms with van der Waals surface area (Å²) in [5, 5.41) is 12.9. The molecule has 2 aliphatic rings. The molecule has 1 aromatic rings. The number of rotatable bonds is 4. The lowest BCUT2D eigenvalue weighted by Gasteiger charge is -2.34. The number of anilines is 1. The quantitative estimate of drug-likeness (QED) is 0.838. The van der Waals surface area contributed by atoms with Crippen LogP contribution in [0.5, 0.6) is 0 Å². The lowest BCUT2D eigenvalue weighted by molar-refractivity contribution is -0.143. The van der Waals surface area contributed by atoms with Crippen LogP contribution in [0.1, 0.15) is 39.0 Å². The van der Waals surface area contributed by atoms with Crippen LogP contribution in [0, 0.1) is 11.8 Å². The number of thioether (sulfide) groups is 1. The van der Waals surface area contributed by atoms with Crippen molar-refractivity contribution in [3.05, 3.63) is 24.3 Å². The van der Waals surface area contributed by atoms with Gasteiger partial charge >= 0.3 is 12.0 Å². The predicted molar refractivity (Wildman–Crippen MR) is 100 cm³/mol. The number of amides is 2. The van der Waals surface area contributed by atoms with E-state index < -0.39 is 11.9 Å². The number of piperidine rings is 1. The SMILES string of the molecule is CC1CC(C(=O)O)CN(C(=O)Nc2ccc(SC3CCCC3)cc2)C1. The number of aliphatic carboxylic acids is 1. The van der Waals surface area contributed by atoms with E-state index in [0.29, 0.717) is 13.0 Å². The first kappa shape index (κ1) is 18.1. The molecule has 1 aliphatic carbocycles. The van der Waals surface area contributed by atoms with Gasteiger partial charge in [0.1, 0.15) is 0 Å². The number of urea groups is 1. The molecular formula is C19H26N2O3S. The van der Waals surface area contributed by atoms with Crippen LogP contribution in [0.3, 0.4) is 0 Å². The van der Waals surface area contributed by atoms with Crippen LogP contribution >= 0.6 is 11.8 Å². The standard InChI is InChI=1S/C19H26N2O3S/c1-13-10-14(18(22)23)12-21(11-13)19(24)20-15-6-8-17(9-7-15)25-16-4-2-3-5-16/h6-9,13-14,16H,2-5,10-12H2,1H3,(H,20,24)(H,22,23). The molecule has 2 amide bonds. The fourth-order valence-electron chi connectivity index (χ4n) is 3.71. The molecule has 3 rings (SSSR count). The Morgan fingerprint density at radius 3 is 2.48 bits per heavy atom. The van der Waals surface area contributed by atoms with E-state index in [0.717, 1.165) is 10.9 Å². The van der Waals surface area contributed by atoms with Crippen molar-refractivity contribution in [1.29, 1.82) is 0 Å². The van der Waals surface area contributed by atoms with Crippen LogP contribution in [0.4, 0.5) is 10.5 Å². The minimum Gasteiger partial charge on any atom is -0.481 e. The Balaban J connectivity index is 1.55. The number of nitrogens with one attached hydrogen (secondary N) is 1. The molecule has 2 unspecified atom stereocenters. The van der Waals surface area contributed by atoms with Crippen LogP contribution in [-0.2, 0) is 4.79 Å². The van der Waals surface area contributed by atoms with Crippen molar-refractivity contribution in [1.82, 2.24) is 4.90 Å². The topological polar surface area (TPSA) is 69.6 Å². The summed E-state index contributed by atoms with van der Waals surface area (Å²) in [5.74, 6) is -1.09. The number of carbonyl (C=O) groups is 2. The van der Waals surface area contributed by atoms with Gasteiger partial charge in [-0.2, -0.15) is 0 Å². The van der Waals surface area contributed by atoms with Crippen molar-refractivity contribution in [2.45, 2.75) is 49.2 Å². The molecule has 1 aliphatic heterocycles. The Labute approximate surface area is 153 Å². The molecule has 5 nitrogen and oxygen atoms in total. The molecule has 136 valence electrons. The summed E-state index contributed by atoms with van der Waals surface area (Å²) in [4.78, 5) is 26.6. The third-order valence-corrected chi connectivity index (χ3v) is 6.36. The first-order chi connectivity index (χ1) is 12.0. The third kappa shape index (κ3) is 4.91. The zero-order valence-corrected chi connectivity index (χ0v) is 15.4. The van der Waals surface area contributed by atoms with Gasteiger partial charge < -0.3 is 15.3 Å². The van der Waals surface area contributed by atoms with Crippen molar-refractivity contribution in [3.63, 3.8) is 0 Å². The van der Waals surface area contributed by atoms with Crippen LogP contribution in [0.2, 0.25) is 0 Å². The molecule has 6 heteroatoms. The number of likely N-dealkylation sites (tertiary alicyclic amines) is 1. The zero-order valence-electron chi connectivity index (χ0n) is 14.6. The highest BCUT2D eigenvalue weighted by Crippen LogP contribution is 2.35. The van der Waals surface area contributed by atoms with E-state index in [1.165, 1.54) is 30.6 Å². The van der Waals surface area contributed by atoms with E-state index >= 15 is 0 Å². The second-order valence-corrected chi connectivity index (χ2v) is 8.63. The number of carboxylic acid groups (broad SMARTS) is 1. The zero-order chi connectivity index (χ0) is 17.8. The summed E-state index contributed by atoms with van der Waals surface area (Å²) in [6, 6.07) is 7.75. The molecule has 0 radical (unpaired) electrons. The van der Waals surface area contributed by atoms with Gasteiger partial charge in [0.05, 0.1) is 5.92 Å². The van der Waals surface area contributed by atoms with Gasteiger partial charge in [0.2, 0.25) is 0 Å². The van der Waals surface area contributed by atoms with Crippen molar-refractivity contribution >= 4 is 29.4 Å². The van der Waals surface area contributed by atoms with Crippen LogP contribution in [0.25, 0.3) is 0 Å². The first-order valence-electron chi connectivity index (χ1n) is 9.06. The Kier molecular flexibility index (Phi) is 5.89. The monoisotopic (exact) mass is 362 g/mol. The van der Waals surface area contributed by atoms with Gasteiger partial charge in [-0.3, -0.25) is 4.79 Å². The highest BCUT2D eigenvalue weighted by molar-refractivity contribution is 8.00. The summed E-state index contributed by atoms with van der Waals surface area (Å²) in [5.41, 5.74) is 0.755. The van der Waals surface area contributed by atoms with Gasteiger partial charge in [0.25, 0.3) is 0 Å². The maximum atomic E-state index is 12.5. The van der Waals surface area contributed by atoms with Crippen LogP contribution < -0.4 is 5.32 Å². The maximum Gasteiger partial charge on any atom is 0.321 e. The minimum absolute atomic E-state index is 0.200. The number of hydrogen-bond acceptors (Lipinski definition) is 3. The molecule has 0 aromatic heterocycles. The molecule has 0 bridgehead atoms. The average molecular weight is 362 g/mol. The van der Waals surface area contributed by atoms with Crippen LogP contribution in [-0.4, -0.2) is 40.3 Å². The largest absolute Gasteiger partial charge is 0.481 e. The van der Waals surface area contributed by atoms with Gasteiger partial charge in [-0.05, 0) is 49.4 Å². The van der Waals surface area contributed by atoms with E-state index in [1.807, 2.05) is 30.8 Å². The summed E-state index contributed by atoms with van der Waals surface area (Å²) >= 11 is 1.92. The van der Waals surface area contributed by atoms with E-state index in [2.05, 4.69) is 17.4 Å². The number of hydrogen-bond donors (Lipinski definition) is 2. The first-order valence-corrected chi connectivity index (χ1v) is 9.94. The fraction of sp³-hybridized carbons (Fsp3) is 0.579. The van der Waals surface area contributed by atoms with E-state index in [4.69, 9.17) is 0 Å². The molecule has 0 spiro atoms. The van der Waals surface area contributed by atoms with Gasteiger partial charge in [0.15, 0.2) is 0 Å². The molecule has 2 fully saturated rings. The highest BCUT2D eigenvalue weighted by Gasteiger charge is 2.31. The molecule has 2 atom stereocenters. The van der Waals surface area contributed by atoms with E-state index in [1.54, 1.807) is 4.90 Å². The fourth-order valence-corrected chi connectivity index (χ4v) is 4.96. The average Bonchev–Trinajstić information content (AvgIpc) is 3.09. The van der Waals surface area contributed by atoms with Gasteiger partial charge in [-0.25, -0.2) is 4.79 Å². The van der Waals surface area contributed by atoms with E-state index in [9.17, 15) is 14.7 Å². The number of carboxylic acids is 1. The second kappa shape index (κ2) is 8.13. The number of nitrogens with zero attached hydrogens (tertiary/aromatic N) is 1. The molecule has 1 heterocycles. The number of benzene rings is 1. The summed E-state index contributed by atoms with van der Waals surface area (Å²) in [7, 11) is 0. The van der Waals surface area contributed by atoms with Gasteiger partial charge in [-0.1, -0.05) is 19.8 Å². The lowest BCUT2D eigenvalue weighted by Crippen LogP contribution is -2.47. The van der Waals surface area contributed by atoms with Crippen LogP contribution in [0.15, 0.2) is 29.2 Å². The highest BCUT2D eigenvalue weighted by atomic mass is 32.2. The summed E-state index contributed by atoms with van der Waals surface area (Å²) < 4.78 is 0. The molecule has 25 heavy (non-hydrogen) atoms. The Hall–Kier alpha value is -1.69.